The van der Waals surface area contributed by atoms with Crippen LogP contribution in [-0.2, 0) is 4.79 Å². The molecule has 0 spiro atoms. The second-order valence-corrected chi connectivity index (χ2v) is 4.72. The van der Waals surface area contributed by atoms with Crippen LogP contribution in [0.1, 0.15) is 24.8 Å². The number of aliphatic hydroxyl groups excluding tert-OH is 1. The summed E-state index contributed by atoms with van der Waals surface area (Å²) in [5.74, 6) is -0.386. The van der Waals surface area contributed by atoms with Crippen molar-refractivity contribution in [3.8, 4) is 0 Å². The third-order valence-electron chi connectivity index (χ3n) is 3.43. The molecule has 4 heteroatoms. The highest BCUT2D eigenvalue weighted by Gasteiger charge is 2.26. The maximum absolute atomic E-state index is 12.7. The van der Waals surface area contributed by atoms with Gasteiger partial charge in [-0.1, -0.05) is 12.1 Å². The van der Waals surface area contributed by atoms with Gasteiger partial charge in [0.2, 0.25) is 5.91 Å². The van der Waals surface area contributed by atoms with E-state index in [-0.39, 0.29) is 24.4 Å². The zero-order chi connectivity index (χ0) is 13.7. The minimum atomic E-state index is -0.292. The lowest BCUT2D eigenvalue weighted by molar-refractivity contribution is -0.130. The summed E-state index contributed by atoms with van der Waals surface area (Å²) >= 11 is 0. The average Bonchev–Trinajstić information content (AvgIpc) is 2.35. The van der Waals surface area contributed by atoms with Crippen LogP contribution < -0.4 is 0 Å². The highest BCUT2D eigenvalue weighted by Crippen LogP contribution is 2.24. The molecule has 1 aliphatic rings. The molecule has 1 amide bonds. The monoisotopic (exact) mass is 263 g/mol. The number of nitrogens with zero attached hydrogens (tertiary/aromatic N) is 1. The fraction of sp³-hybridized carbons (Fsp3) is 0.400. The number of aliphatic hydroxyl groups is 1. The molecule has 3 nitrogen and oxygen atoms in total. The first-order chi connectivity index (χ1) is 9.20. The third kappa shape index (κ3) is 3.64. The van der Waals surface area contributed by atoms with Gasteiger partial charge in [-0.05, 0) is 43.0 Å². The maximum atomic E-state index is 12.7. The van der Waals surface area contributed by atoms with E-state index in [0.29, 0.717) is 6.54 Å². The van der Waals surface area contributed by atoms with E-state index in [1.165, 1.54) is 18.2 Å². The Kier molecular flexibility index (Phi) is 4.68. The lowest BCUT2D eigenvalue weighted by Gasteiger charge is -2.36. The van der Waals surface area contributed by atoms with Crippen molar-refractivity contribution >= 4 is 12.0 Å². The number of hydrogen-bond donors (Lipinski definition) is 1. The Hall–Kier alpha value is -1.68. The molecule has 2 rings (SSSR count). The van der Waals surface area contributed by atoms with Gasteiger partial charge in [-0.2, -0.15) is 0 Å². The molecule has 1 aromatic carbocycles. The van der Waals surface area contributed by atoms with Gasteiger partial charge in [0.05, 0.1) is 6.61 Å². The normalized spacial score (nSPS) is 15.5. The van der Waals surface area contributed by atoms with E-state index in [2.05, 4.69) is 0 Å². The number of hydrogen-bond acceptors (Lipinski definition) is 2. The standard InChI is InChI=1S/C15H18FNO2/c16-13-7-4-12(5-8-13)6-9-15(19)17(10-11-18)14-2-1-3-14/h4-9,14,18H,1-3,10-11H2/b9-6+. The van der Waals surface area contributed by atoms with Crippen LogP contribution in [0.5, 0.6) is 0 Å². The van der Waals surface area contributed by atoms with Gasteiger partial charge in [-0.25, -0.2) is 4.39 Å². The molecule has 1 saturated carbocycles. The van der Waals surface area contributed by atoms with Crippen LogP contribution in [0, 0.1) is 5.82 Å². The summed E-state index contributed by atoms with van der Waals surface area (Å²) < 4.78 is 12.7. The smallest absolute Gasteiger partial charge is 0.246 e. The lowest BCUT2D eigenvalue weighted by atomic mass is 9.91. The first-order valence-electron chi connectivity index (χ1n) is 6.56. The Morgan fingerprint density at radius 1 is 1.37 bits per heavy atom. The minimum Gasteiger partial charge on any atom is -0.395 e. The summed E-state index contributed by atoms with van der Waals surface area (Å²) in [6.07, 6.45) is 6.32. The van der Waals surface area contributed by atoms with Crippen LogP contribution in [0.4, 0.5) is 4.39 Å². The van der Waals surface area contributed by atoms with Crippen LogP contribution in [0.25, 0.3) is 6.08 Å². The molecule has 0 atom stereocenters. The van der Waals surface area contributed by atoms with Gasteiger partial charge in [0.25, 0.3) is 0 Å². The summed E-state index contributed by atoms with van der Waals surface area (Å²) in [6.45, 7) is 0.351. The molecule has 1 aromatic rings. The predicted molar refractivity (Wildman–Crippen MR) is 71.9 cm³/mol. The second kappa shape index (κ2) is 6.48. The number of carbonyl (C=O) groups excluding carboxylic acids is 1. The minimum absolute atomic E-state index is 0.0212. The first-order valence-corrected chi connectivity index (χ1v) is 6.56. The SMILES string of the molecule is O=C(/C=C/c1ccc(F)cc1)N(CCO)C1CCC1. The van der Waals surface area contributed by atoms with Crippen LogP contribution in [-0.4, -0.2) is 35.1 Å². The van der Waals surface area contributed by atoms with Crippen molar-refractivity contribution in [3.63, 3.8) is 0 Å². The topological polar surface area (TPSA) is 40.5 Å². The lowest BCUT2D eigenvalue weighted by Crippen LogP contribution is -2.44. The van der Waals surface area contributed by atoms with Gasteiger partial charge in [0, 0.05) is 18.7 Å². The molecule has 0 bridgehead atoms. The van der Waals surface area contributed by atoms with Crippen molar-refractivity contribution in [1.29, 1.82) is 0 Å². The number of benzene rings is 1. The van der Waals surface area contributed by atoms with E-state index in [0.717, 1.165) is 24.8 Å². The third-order valence-corrected chi connectivity index (χ3v) is 3.43. The van der Waals surface area contributed by atoms with Gasteiger partial charge >= 0.3 is 0 Å². The molecular weight excluding hydrogens is 245 g/mol. The van der Waals surface area contributed by atoms with E-state index < -0.39 is 0 Å². The summed E-state index contributed by atoms with van der Waals surface area (Å²) in [5, 5.41) is 9.01. The molecule has 1 N–H and O–H groups in total. The molecule has 0 radical (unpaired) electrons. The van der Waals surface area contributed by atoms with Crippen molar-refractivity contribution < 1.29 is 14.3 Å². The Balaban J connectivity index is 1.99. The van der Waals surface area contributed by atoms with E-state index in [4.69, 9.17) is 5.11 Å². The molecule has 1 aliphatic carbocycles. The summed E-state index contributed by atoms with van der Waals surface area (Å²) in [4.78, 5) is 13.8. The number of carbonyl (C=O) groups is 1. The first kappa shape index (κ1) is 13.7. The molecule has 0 aromatic heterocycles. The van der Waals surface area contributed by atoms with Gasteiger partial charge < -0.3 is 10.0 Å². The molecule has 102 valence electrons. The Morgan fingerprint density at radius 2 is 2.05 bits per heavy atom. The largest absolute Gasteiger partial charge is 0.395 e. The zero-order valence-corrected chi connectivity index (χ0v) is 10.8. The summed E-state index contributed by atoms with van der Waals surface area (Å²) in [5.41, 5.74) is 0.785. The molecular formula is C15H18FNO2. The van der Waals surface area contributed by atoms with E-state index in [1.807, 2.05) is 0 Å². The number of rotatable bonds is 5. The fourth-order valence-corrected chi connectivity index (χ4v) is 2.12. The fourth-order valence-electron chi connectivity index (χ4n) is 2.12. The zero-order valence-electron chi connectivity index (χ0n) is 10.8. The molecule has 0 heterocycles. The average molecular weight is 263 g/mol. The summed E-state index contributed by atoms with van der Waals surface area (Å²) in [6, 6.07) is 6.23. The van der Waals surface area contributed by atoms with Gasteiger partial charge in [0.15, 0.2) is 0 Å². The van der Waals surface area contributed by atoms with Crippen molar-refractivity contribution in [3.05, 3.63) is 41.7 Å². The van der Waals surface area contributed by atoms with Crippen LogP contribution in [0.3, 0.4) is 0 Å². The van der Waals surface area contributed by atoms with E-state index in [1.54, 1.807) is 23.1 Å². The summed E-state index contributed by atoms with van der Waals surface area (Å²) in [7, 11) is 0. The van der Waals surface area contributed by atoms with Crippen molar-refractivity contribution in [2.45, 2.75) is 25.3 Å². The van der Waals surface area contributed by atoms with Crippen molar-refractivity contribution in [1.82, 2.24) is 4.90 Å². The Bertz CT molecular complexity index is 452. The van der Waals surface area contributed by atoms with E-state index in [9.17, 15) is 9.18 Å². The van der Waals surface area contributed by atoms with Crippen LogP contribution in [0.15, 0.2) is 30.3 Å². The molecule has 0 unspecified atom stereocenters. The number of halogens is 1. The second-order valence-electron chi connectivity index (χ2n) is 4.72. The van der Waals surface area contributed by atoms with Gasteiger partial charge in [-0.15, -0.1) is 0 Å². The maximum Gasteiger partial charge on any atom is 0.246 e. The number of amides is 1. The highest BCUT2D eigenvalue weighted by atomic mass is 19.1. The Morgan fingerprint density at radius 3 is 2.58 bits per heavy atom. The van der Waals surface area contributed by atoms with Crippen molar-refractivity contribution in [2.75, 3.05) is 13.2 Å². The van der Waals surface area contributed by atoms with Crippen LogP contribution in [0.2, 0.25) is 0 Å². The predicted octanol–water partition coefficient (Wildman–Crippen LogP) is 2.21. The van der Waals surface area contributed by atoms with Gasteiger partial charge in [-0.3, -0.25) is 4.79 Å². The molecule has 1 fully saturated rings. The quantitative estimate of drug-likeness (QED) is 0.827. The van der Waals surface area contributed by atoms with Crippen LogP contribution >= 0.6 is 0 Å². The van der Waals surface area contributed by atoms with Gasteiger partial charge in [0.1, 0.15) is 5.82 Å². The highest BCUT2D eigenvalue weighted by molar-refractivity contribution is 5.92. The molecule has 0 saturated heterocycles. The van der Waals surface area contributed by atoms with E-state index >= 15 is 0 Å². The van der Waals surface area contributed by atoms with Crippen molar-refractivity contribution in [2.24, 2.45) is 0 Å². The molecule has 19 heavy (non-hydrogen) atoms. The molecule has 0 aliphatic heterocycles. The Labute approximate surface area is 112 Å².